The molecule has 2 heterocycles. The first-order valence-electron chi connectivity index (χ1n) is 12.6. The van der Waals surface area contributed by atoms with Gasteiger partial charge in [-0.1, -0.05) is 73.3 Å². The van der Waals surface area contributed by atoms with Crippen molar-refractivity contribution in [3.63, 3.8) is 0 Å². The Morgan fingerprint density at radius 1 is 1.08 bits per heavy atom. The number of nitrogens with zero attached hydrogens (tertiary/aromatic N) is 1. The summed E-state index contributed by atoms with van der Waals surface area (Å²) >= 11 is 0. The number of rotatable bonds is 12. The maximum Gasteiger partial charge on any atom is 0.334 e. The Morgan fingerprint density at radius 3 is 2.35 bits per heavy atom. The van der Waals surface area contributed by atoms with Crippen LogP contribution >= 0.6 is 0 Å². The van der Waals surface area contributed by atoms with Crippen molar-refractivity contribution in [2.45, 2.75) is 69.9 Å². The molecule has 0 N–H and O–H groups in total. The van der Waals surface area contributed by atoms with Gasteiger partial charge in [-0.05, 0) is 31.4 Å². The number of fused-ring (bicyclic) bond motifs is 1. The quantitative estimate of drug-likeness (QED) is 0.236. The molecule has 2 fully saturated rings. The molecule has 0 radical (unpaired) electrons. The number of carbonyl (C=O) groups is 1. The lowest BCUT2D eigenvalue weighted by molar-refractivity contribution is -0.226. The average molecular weight is 508 g/mol. The first kappa shape index (κ1) is 27.2. The number of ether oxygens (including phenoxy) is 5. The molecule has 4 rings (SSSR count). The van der Waals surface area contributed by atoms with Crippen LogP contribution in [0.15, 0.2) is 85.5 Å². The largest absolute Gasteiger partial charge is 0.466 e. The van der Waals surface area contributed by atoms with Crippen LogP contribution < -0.4 is 0 Å². The first-order valence-corrected chi connectivity index (χ1v) is 12.6. The van der Waals surface area contributed by atoms with Gasteiger partial charge in [0.2, 0.25) is 0 Å². The summed E-state index contributed by atoms with van der Waals surface area (Å²) in [7, 11) is 1.36. The number of esters is 1. The summed E-state index contributed by atoms with van der Waals surface area (Å²) < 4.78 is 30.3. The van der Waals surface area contributed by atoms with E-state index in [4.69, 9.17) is 23.7 Å². The summed E-state index contributed by atoms with van der Waals surface area (Å²) in [4.78, 5) is 14.5. The summed E-state index contributed by atoms with van der Waals surface area (Å²) in [5, 5.41) is 0. The topological polar surface area (TPSA) is 66.5 Å². The minimum absolute atomic E-state index is 0.194. The maximum absolute atomic E-state index is 12.3. The fraction of sp³-hybridized carbons (Fsp3) is 0.433. The fourth-order valence-corrected chi connectivity index (χ4v) is 4.99. The Labute approximate surface area is 219 Å². The van der Waals surface area contributed by atoms with E-state index in [1.807, 2.05) is 68.5 Å². The third kappa shape index (κ3) is 6.74. The highest BCUT2D eigenvalue weighted by Crippen LogP contribution is 2.41. The van der Waals surface area contributed by atoms with Crippen LogP contribution in [0.5, 0.6) is 0 Å². The normalized spacial score (nSPS) is 25.0. The van der Waals surface area contributed by atoms with Crippen LogP contribution in [-0.2, 0) is 41.6 Å². The van der Waals surface area contributed by atoms with E-state index in [9.17, 15) is 4.79 Å². The molecule has 0 aliphatic carbocycles. The number of hydrogen-bond acceptors (Lipinski definition) is 7. The highest BCUT2D eigenvalue weighted by atomic mass is 16.8. The van der Waals surface area contributed by atoms with E-state index in [0.29, 0.717) is 31.7 Å². The zero-order valence-corrected chi connectivity index (χ0v) is 21.9. The van der Waals surface area contributed by atoms with Gasteiger partial charge in [-0.2, -0.15) is 0 Å². The van der Waals surface area contributed by atoms with E-state index >= 15 is 0 Å². The van der Waals surface area contributed by atoms with Crippen molar-refractivity contribution >= 4 is 5.97 Å². The second kappa shape index (κ2) is 12.2. The molecular weight excluding hydrogens is 470 g/mol. The van der Waals surface area contributed by atoms with E-state index in [2.05, 4.69) is 30.2 Å². The molecule has 0 spiro atoms. The maximum atomic E-state index is 12.3. The van der Waals surface area contributed by atoms with Crippen molar-refractivity contribution in [3.05, 3.63) is 96.6 Å². The highest BCUT2D eigenvalue weighted by molar-refractivity contribution is 5.88. The Balaban J connectivity index is 1.63. The smallest absolute Gasteiger partial charge is 0.334 e. The minimum Gasteiger partial charge on any atom is -0.466 e. The molecule has 0 amide bonds. The van der Waals surface area contributed by atoms with Gasteiger partial charge in [0.15, 0.2) is 12.1 Å². The molecule has 37 heavy (non-hydrogen) atoms. The van der Waals surface area contributed by atoms with E-state index in [1.54, 1.807) is 0 Å². The van der Waals surface area contributed by atoms with Crippen molar-refractivity contribution in [1.82, 2.24) is 4.90 Å². The molecular formula is C30H37NO6. The molecule has 2 saturated heterocycles. The van der Waals surface area contributed by atoms with Crippen LogP contribution in [0.4, 0.5) is 0 Å². The van der Waals surface area contributed by atoms with Crippen LogP contribution in [0.2, 0.25) is 0 Å². The summed E-state index contributed by atoms with van der Waals surface area (Å²) in [5.41, 5.74) is 2.52. The highest BCUT2D eigenvalue weighted by Gasteiger charge is 2.57. The second-order valence-corrected chi connectivity index (χ2v) is 9.91. The van der Waals surface area contributed by atoms with Crippen LogP contribution in [0.1, 0.15) is 31.4 Å². The molecule has 2 aromatic carbocycles. The van der Waals surface area contributed by atoms with E-state index in [-0.39, 0.29) is 6.04 Å². The molecule has 0 saturated carbocycles. The molecule has 2 aliphatic rings. The van der Waals surface area contributed by atoms with Crippen molar-refractivity contribution in [1.29, 1.82) is 0 Å². The SMILES string of the molecule is C=CCC([C@H]1O[C@@H]2OC(C)(C)O[C@@H]2[C@H]1OCc1ccccc1)N(CC(=C)C(=O)OC)Cc1ccccc1. The summed E-state index contributed by atoms with van der Waals surface area (Å²) in [6.45, 7) is 13.0. The minimum atomic E-state index is -0.772. The standard InChI is InChI=1S/C30H37NO6/c1-6-13-24(31(18-21(2)28(32)33-5)19-22-14-9-7-10-15-22)25-26(34-20-23-16-11-8-12-17-23)27-29(35-25)37-30(3,4)36-27/h6-12,14-17,24-27,29H,1-2,13,18-20H2,3-5H3/t24?,25-,26+,27-,29-/m1/s1. The molecule has 7 nitrogen and oxygen atoms in total. The molecule has 0 bridgehead atoms. The van der Waals surface area contributed by atoms with Crippen LogP contribution in [0.25, 0.3) is 0 Å². The van der Waals surface area contributed by atoms with Gasteiger partial charge in [0.25, 0.3) is 0 Å². The van der Waals surface area contributed by atoms with E-state index in [1.165, 1.54) is 7.11 Å². The van der Waals surface area contributed by atoms with Crippen molar-refractivity contribution in [2.24, 2.45) is 0 Å². The molecule has 0 aromatic heterocycles. The molecule has 2 aliphatic heterocycles. The van der Waals surface area contributed by atoms with Gasteiger partial charge in [-0.25, -0.2) is 4.79 Å². The van der Waals surface area contributed by atoms with E-state index in [0.717, 1.165) is 11.1 Å². The van der Waals surface area contributed by atoms with Gasteiger partial charge in [0.05, 0.1) is 13.7 Å². The lowest BCUT2D eigenvalue weighted by Crippen LogP contribution is -2.51. The molecule has 5 atom stereocenters. The third-order valence-corrected chi connectivity index (χ3v) is 6.67. The third-order valence-electron chi connectivity index (χ3n) is 6.67. The Bertz CT molecular complexity index is 1060. The number of carbonyl (C=O) groups excluding carboxylic acids is 1. The van der Waals surface area contributed by atoms with Crippen molar-refractivity contribution in [2.75, 3.05) is 13.7 Å². The first-order chi connectivity index (χ1) is 17.8. The zero-order valence-electron chi connectivity index (χ0n) is 21.9. The molecule has 7 heteroatoms. The summed E-state index contributed by atoms with van der Waals surface area (Å²) in [6.07, 6.45) is 0.707. The average Bonchev–Trinajstić information content (AvgIpc) is 3.37. The van der Waals surface area contributed by atoms with Crippen molar-refractivity contribution in [3.8, 4) is 0 Å². The number of methoxy groups -OCH3 is 1. The van der Waals surface area contributed by atoms with Crippen LogP contribution in [-0.4, -0.2) is 61.0 Å². The predicted molar refractivity (Wildman–Crippen MR) is 140 cm³/mol. The number of benzene rings is 2. The Morgan fingerprint density at radius 2 is 1.73 bits per heavy atom. The number of hydrogen-bond donors (Lipinski definition) is 0. The molecule has 198 valence electrons. The Hall–Kier alpha value is -2.81. The zero-order chi connectivity index (χ0) is 26.4. The molecule has 1 unspecified atom stereocenters. The second-order valence-electron chi connectivity index (χ2n) is 9.91. The summed E-state index contributed by atoms with van der Waals surface area (Å²) in [5.74, 6) is -1.21. The van der Waals surface area contributed by atoms with Crippen LogP contribution in [0.3, 0.4) is 0 Å². The van der Waals surface area contributed by atoms with Crippen molar-refractivity contribution < 1.29 is 28.5 Å². The van der Waals surface area contributed by atoms with Gasteiger partial charge in [0, 0.05) is 24.7 Å². The lowest BCUT2D eigenvalue weighted by atomic mass is 9.97. The fourth-order valence-electron chi connectivity index (χ4n) is 4.99. The predicted octanol–water partition coefficient (Wildman–Crippen LogP) is 4.62. The van der Waals surface area contributed by atoms with Gasteiger partial charge >= 0.3 is 5.97 Å². The van der Waals surface area contributed by atoms with E-state index < -0.39 is 36.4 Å². The monoisotopic (exact) mass is 507 g/mol. The van der Waals surface area contributed by atoms with Gasteiger partial charge in [-0.15, -0.1) is 6.58 Å². The van der Waals surface area contributed by atoms with Crippen LogP contribution in [0, 0.1) is 0 Å². The van der Waals surface area contributed by atoms with Gasteiger partial charge in [0.1, 0.15) is 18.3 Å². The molecule has 2 aromatic rings. The lowest BCUT2D eigenvalue weighted by Gasteiger charge is -2.38. The summed E-state index contributed by atoms with van der Waals surface area (Å²) in [6, 6.07) is 19.9. The Kier molecular flexibility index (Phi) is 8.95. The van der Waals surface area contributed by atoms with Gasteiger partial charge in [-0.3, -0.25) is 4.90 Å². The van der Waals surface area contributed by atoms with Gasteiger partial charge < -0.3 is 23.7 Å².